The van der Waals surface area contributed by atoms with Crippen LogP contribution in [-0.4, -0.2) is 37.9 Å². The summed E-state index contributed by atoms with van der Waals surface area (Å²) >= 11 is 0. The van der Waals surface area contributed by atoms with Crippen LogP contribution in [0.1, 0.15) is 12.0 Å². The summed E-state index contributed by atoms with van der Waals surface area (Å²) in [4.78, 5) is 0.0538. The van der Waals surface area contributed by atoms with E-state index in [9.17, 15) is 12.8 Å². The number of nitrogens with zero attached hydrogens (tertiary/aromatic N) is 1. The first-order valence-electron chi connectivity index (χ1n) is 6.00. The summed E-state index contributed by atoms with van der Waals surface area (Å²) in [7, 11) is -3.56. The topological polar surface area (TPSA) is 49.4 Å². The highest BCUT2D eigenvalue weighted by Crippen LogP contribution is 2.30. The number of hydrogen-bond donors (Lipinski definition) is 1. The second-order valence-electron chi connectivity index (χ2n) is 4.98. The fraction of sp³-hybridized carbons (Fsp3) is 0.500. The second-order valence-corrected chi connectivity index (χ2v) is 6.87. The molecule has 0 spiro atoms. The van der Waals surface area contributed by atoms with Crippen molar-refractivity contribution in [2.45, 2.75) is 30.3 Å². The van der Waals surface area contributed by atoms with E-state index in [2.05, 4.69) is 5.32 Å². The summed E-state index contributed by atoms with van der Waals surface area (Å²) in [5.74, 6) is -0.474. The lowest BCUT2D eigenvalue weighted by molar-refractivity contribution is 0.348. The number of piperazine rings is 1. The smallest absolute Gasteiger partial charge is 0.243 e. The van der Waals surface area contributed by atoms with Gasteiger partial charge in [-0.25, -0.2) is 12.8 Å². The van der Waals surface area contributed by atoms with E-state index in [0.29, 0.717) is 18.7 Å². The van der Waals surface area contributed by atoms with Crippen molar-refractivity contribution in [1.29, 1.82) is 0 Å². The molecule has 2 unspecified atom stereocenters. The summed E-state index contributed by atoms with van der Waals surface area (Å²) in [6, 6.07) is 4.37. The number of halogens is 1. The number of sulfonamides is 1. The molecule has 2 heterocycles. The van der Waals surface area contributed by atoms with Crippen molar-refractivity contribution in [3.05, 3.63) is 29.6 Å². The molecule has 18 heavy (non-hydrogen) atoms. The van der Waals surface area contributed by atoms with Crippen molar-refractivity contribution in [3.63, 3.8) is 0 Å². The van der Waals surface area contributed by atoms with E-state index in [4.69, 9.17) is 0 Å². The summed E-state index contributed by atoms with van der Waals surface area (Å²) in [6.07, 6.45) is 0.855. The molecule has 1 N–H and O–H groups in total. The highest BCUT2D eigenvalue weighted by Gasteiger charge is 2.44. The van der Waals surface area contributed by atoms with Gasteiger partial charge in [0.25, 0.3) is 0 Å². The van der Waals surface area contributed by atoms with Crippen LogP contribution in [0.25, 0.3) is 0 Å². The third-order valence-corrected chi connectivity index (χ3v) is 5.67. The van der Waals surface area contributed by atoms with Gasteiger partial charge < -0.3 is 5.32 Å². The Balaban J connectivity index is 1.97. The third-order valence-electron chi connectivity index (χ3n) is 3.76. The van der Waals surface area contributed by atoms with Gasteiger partial charge in [0, 0.05) is 25.2 Å². The van der Waals surface area contributed by atoms with Gasteiger partial charge in [-0.1, -0.05) is 6.07 Å². The Kier molecular flexibility index (Phi) is 2.69. The second kappa shape index (κ2) is 4.01. The first-order chi connectivity index (χ1) is 8.48. The molecule has 0 aromatic heterocycles. The molecule has 0 amide bonds. The Morgan fingerprint density at radius 1 is 1.44 bits per heavy atom. The Morgan fingerprint density at radius 3 is 2.78 bits per heavy atom. The van der Waals surface area contributed by atoms with Gasteiger partial charge in [0.05, 0.1) is 4.90 Å². The molecular formula is C12H15FN2O2S. The molecule has 3 rings (SSSR count). The minimum Gasteiger partial charge on any atom is -0.311 e. The van der Waals surface area contributed by atoms with Crippen LogP contribution in [0.5, 0.6) is 0 Å². The van der Waals surface area contributed by atoms with E-state index in [-0.39, 0.29) is 17.0 Å². The normalized spacial score (nSPS) is 27.9. The van der Waals surface area contributed by atoms with Crippen molar-refractivity contribution < 1.29 is 12.8 Å². The monoisotopic (exact) mass is 270 g/mol. The first kappa shape index (κ1) is 12.1. The van der Waals surface area contributed by atoms with E-state index in [1.54, 1.807) is 6.92 Å². The predicted octanol–water partition coefficient (Wildman–Crippen LogP) is 0.869. The molecule has 1 aromatic carbocycles. The summed E-state index contributed by atoms with van der Waals surface area (Å²) in [6.45, 7) is 2.80. The predicted molar refractivity (Wildman–Crippen MR) is 65.2 cm³/mol. The fourth-order valence-corrected chi connectivity index (χ4v) is 4.38. The summed E-state index contributed by atoms with van der Waals surface area (Å²) in [5, 5.41) is 3.25. The highest BCUT2D eigenvalue weighted by molar-refractivity contribution is 7.89. The fourth-order valence-electron chi connectivity index (χ4n) is 2.69. The van der Waals surface area contributed by atoms with Gasteiger partial charge in [0.1, 0.15) is 5.82 Å². The van der Waals surface area contributed by atoms with E-state index in [1.165, 1.54) is 16.4 Å². The molecular weight excluding hydrogens is 255 g/mol. The highest BCUT2D eigenvalue weighted by atomic mass is 32.2. The summed E-state index contributed by atoms with van der Waals surface area (Å²) < 4.78 is 39.8. The zero-order valence-electron chi connectivity index (χ0n) is 10.1. The number of benzene rings is 1. The molecule has 4 nitrogen and oxygen atoms in total. The van der Waals surface area contributed by atoms with Crippen LogP contribution in [0, 0.1) is 12.7 Å². The Labute approximate surface area is 106 Å². The molecule has 2 fully saturated rings. The average Bonchev–Trinajstić information content (AvgIpc) is 2.94. The maximum absolute atomic E-state index is 13.5. The van der Waals surface area contributed by atoms with Crippen molar-refractivity contribution in [3.8, 4) is 0 Å². The van der Waals surface area contributed by atoms with Gasteiger partial charge in [-0.05, 0) is 31.0 Å². The molecule has 2 aliphatic heterocycles. The first-order valence-corrected chi connectivity index (χ1v) is 7.44. The molecule has 2 saturated heterocycles. The average molecular weight is 270 g/mol. The number of rotatable bonds is 2. The largest absolute Gasteiger partial charge is 0.311 e. The van der Waals surface area contributed by atoms with Gasteiger partial charge in [0.15, 0.2) is 0 Å². The van der Waals surface area contributed by atoms with E-state index < -0.39 is 15.8 Å². The Hall–Kier alpha value is -0.980. The molecule has 2 bridgehead atoms. The van der Waals surface area contributed by atoms with Gasteiger partial charge in [0.2, 0.25) is 10.0 Å². The minimum atomic E-state index is -3.56. The Bertz CT molecular complexity index is 588. The molecule has 2 atom stereocenters. The molecule has 1 aromatic rings. The van der Waals surface area contributed by atoms with Crippen LogP contribution in [0.4, 0.5) is 4.39 Å². The van der Waals surface area contributed by atoms with E-state index in [1.807, 2.05) is 0 Å². The zero-order valence-corrected chi connectivity index (χ0v) is 10.9. The van der Waals surface area contributed by atoms with Crippen LogP contribution >= 0.6 is 0 Å². The number of aryl methyl sites for hydroxylation is 1. The lowest BCUT2D eigenvalue weighted by atomic mass is 10.2. The van der Waals surface area contributed by atoms with Crippen LogP contribution in [0.15, 0.2) is 23.1 Å². The molecule has 2 aliphatic rings. The summed E-state index contributed by atoms with van der Waals surface area (Å²) in [5.41, 5.74) is 0.457. The van der Waals surface area contributed by atoms with Gasteiger partial charge in [-0.3, -0.25) is 0 Å². The van der Waals surface area contributed by atoms with Gasteiger partial charge in [-0.15, -0.1) is 0 Å². The molecule has 0 radical (unpaired) electrons. The van der Waals surface area contributed by atoms with Crippen LogP contribution in [-0.2, 0) is 10.0 Å². The van der Waals surface area contributed by atoms with Crippen LogP contribution in [0.2, 0.25) is 0 Å². The molecule has 0 saturated carbocycles. The molecule has 0 aliphatic carbocycles. The van der Waals surface area contributed by atoms with Gasteiger partial charge >= 0.3 is 0 Å². The van der Waals surface area contributed by atoms with Crippen LogP contribution in [0.3, 0.4) is 0 Å². The SMILES string of the molecule is Cc1ccc(S(=O)(=O)N2CC3CC2CN3)cc1F. The lowest BCUT2D eigenvalue weighted by Crippen LogP contribution is -2.46. The van der Waals surface area contributed by atoms with Crippen molar-refractivity contribution in [1.82, 2.24) is 9.62 Å². The minimum absolute atomic E-state index is 0.0179. The number of nitrogens with one attached hydrogen (secondary N) is 1. The van der Waals surface area contributed by atoms with Gasteiger partial charge in [-0.2, -0.15) is 4.31 Å². The number of fused-ring (bicyclic) bond motifs is 2. The van der Waals surface area contributed by atoms with Crippen LogP contribution < -0.4 is 5.32 Å². The molecule has 98 valence electrons. The quantitative estimate of drug-likeness (QED) is 0.867. The number of hydrogen-bond acceptors (Lipinski definition) is 3. The van der Waals surface area contributed by atoms with E-state index >= 15 is 0 Å². The van der Waals surface area contributed by atoms with Crippen molar-refractivity contribution >= 4 is 10.0 Å². The maximum atomic E-state index is 13.5. The zero-order chi connectivity index (χ0) is 12.9. The Morgan fingerprint density at radius 2 is 2.22 bits per heavy atom. The third kappa shape index (κ3) is 1.75. The van der Waals surface area contributed by atoms with Crippen molar-refractivity contribution in [2.24, 2.45) is 0 Å². The van der Waals surface area contributed by atoms with Crippen molar-refractivity contribution in [2.75, 3.05) is 13.1 Å². The molecule has 6 heteroatoms. The maximum Gasteiger partial charge on any atom is 0.243 e. The van der Waals surface area contributed by atoms with E-state index in [0.717, 1.165) is 12.5 Å². The lowest BCUT2D eigenvalue weighted by Gasteiger charge is -2.26. The standard InChI is InChI=1S/C12H15FN2O2S/c1-8-2-3-11(5-12(8)13)18(16,17)15-7-9-4-10(15)6-14-9/h2-3,5,9-10,14H,4,6-7H2,1H3.